The summed E-state index contributed by atoms with van der Waals surface area (Å²) < 4.78 is 10.7. The molecule has 1 aromatic rings. The lowest BCUT2D eigenvalue weighted by atomic mass is 10.3. The van der Waals surface area contributed by atoms with E-state index in [0.29, 0.717) is 24.1 Å². The Labute approximate surface area is 119 Å². The highest BCUT2D eigenvalue weighted by molar-refractivity contribution is 7.98. The van der Waals surface area contributed by atoms with Crippen LogP contribution in [0.15, 0.2) is 24.3 Å². The topological polar surface area (TPSA) is 50.7 Å². The Morgan fingerprint density at radius 3 is 2.63 bits per heavy atom. The Morgan fingerprint density at radius 1 is 1.32 bits per heavy atom. The summed E-state index contributed by atoms with van der Waals surface area (Å²) in [5.74, 6) is 2.36. The van der Waals surface area contributed by atoms with Gasteiger partial charge in [0.15, 0.2) is 11.5 Å². The van der Waals surface area contributed by atoms with E-state index in [0.717, 1.165) is 5.75 Å². The quantitative estimate of drug-likeness (QED) is 0.724. The van der Waals surface area contributed by atoms with Crippen LogP contribution in [0.4, 0.5) is 0 Å². The largest absolute Gasteiger partial charge is 0.493 e. The van der Waals surface area contributed by atoms with Gasteiger partial charge in [-0.05, 0) is 25.3 Å². The number of thioether (sulfide) groups is 1. The highest BCUT2D eigenvalue weighted by atomic mass is 32.2. The van der Waals surface area contributed by atoms with Crippen LogP contribution >= 0.6 is 11.8 Å². The van der Waals surface area contributed by atoms with E-state index in [2.05, 4.69) is 18.5 Å². The molecule has 0 radical (unpaired) electrons. The van der Waals surface area contributed by atoms with E-state index >= 15 is 0 Å². The average molecular weight is 285 g/mol. The molecule has 19 heavy (non-hydrogen) atoms. The summed E-state index contributed by atoms with van der Waals surface area (Å²) in [5.41, 5.74) is 0. The van der Waals surface area contributed by atoms with Gasteiger partial charge < -0.3 is 19.9 Å². The van der Waals surface area contributed by atoms with Gasteiger partial charge in [-0.2, -0.15) is 11.8 Å². The summed E-state index contributed by atoms with van der Waals surface area (Å²) >= 11 is 1.78. The van der Waals surface area contributed by atoms with Gasteiger partial charge in [0.1, 0.15) is 12.7 Å². The number of ether oxygens (including phenoxy) is 2. The van der Waals surface area contributed by atoms with Crippen molar-refractivity contribution in [3.05, 3.63) is 24.3 Å². The van der Waals surface area contributed by atoms with Crippen LogP contribution in [0.1, 0.15) is 6.92 Å². The number of para-hydroxylation sites is 2. The summed E-state index contributed by atoms with van der Waals surface area (Å²) in [6.07, 6.45) is 1.54. The van der Waals surface area contributed by atoms with Crippen molar-refractivity contribution in [2.24, 2.45) is 0 Å². The second-order valence-electron chi connectivity index (χ2n) is 4.38. The molecule has 1 rings (SSSR count). The molecule has 0 aliphatic heterocycles. The zero-order valence-electron chi connectivity index (χ0n) is 11.8. The van der Waals surface area contributed by atoms with Gasteiger partial charge in [0.05, 0.1) is 7.11 Å². The Morgan fingerprint density at radius 2 is 2.00 bits per heavy atom. The van der Waals surface area contributed by atoms with E-state index in [9.17, 15) is 5.11 Å². The number of aliphatic hydroxyl groups excluding tert-OH is 1. The van der Waals surface area contributed by atoms with Crippen molar-refractivity contribution in [3.8, 4) is 11.5 Å². The number of nitrogens with one attached hydrogen (secondary N) is 1. The average Bonchev–Trinajstić information content (AvgIpc) is 2.43. The van der Waals surface area contributed by atoms with Crippen LogP contribution in [0.5, 0.6) is 11.5 Å². The summed E-state index contributed by atoms with van der Waals surface area (Å²) in [5, 5.41) is 13.1. The first-order valence-corrected chi connectivity index (χ1v) is 7.73. The Hall–Kier alpha value is -0.910. The van der Waals surface area contributed by atoms with Crippen molar-refractivity contribution in [1.29, 1.82) is 0 Å². The normalized spacial score (nSPS) is 13.9. The molecule has 4 nitrogen and oxygen atoms in total. The zero-order valence-corrected chi connectivity index (χ0v) is 12.6. The van der Waals surface area contributed by atoms with Crippen LogP contribution < -0.4 is 14.8 Å². The van der Waals surface area contributed by atoms with Gasteiger partial charge in [-0.3, -0.25) is 0 Å². The first-order valence-electron chi connectivity index (χ1n) is 6.33. The van der Waals surface area contributed by atoms with Crippen LogP contribution in [0, 0.1) is 0 Å². The molecular weight excluding hydrogens is 262 g/mol. The maximum Gasteiger partial charge on any atom is 0.161 e. The number of rotatable bonds is 9. The maximum absolute atomic E-state index is 9.86. The Balaban J connectivity index is 2.31. The van der Waals surface area contributed by atoms with Gasteiger partial charge in [0, 0.05) is 18.3 Å². The van der Waals surface area contributed by atoms with Gasteiger partial charge in [0.2, 0.25) is 0 Å². The fraction of sp³-hybridized carbons (Fsp3) is 0.571. The van der Waals surface area contributed by atoms with E-state index in [1.807, 2.05) is 24.3 Å². The van der Waals surface area contributed by atoms with Gasteiger partial charge in [0.25, 0.3) is 0 Å². The van der Waals surface area contributed by atoms with E-state index in [1.54, 1.807) is 18.9 Å². The lowest BCUT2D eigenvalue weighted by molar-refractivity contribution is 0.103. The summed E-state index contributed by atoms with van der Waals surface area (Å²) in [4.78, 5) is 0. The fourth-order valence-electron chi connectivity index (χ4n) is 1.63. The molecule has 5 heteroatoms. The molecule has 0 aliphatic carbocycles. The predicted molar refractivity (Wildman–Crippen MR) is 80.3 cm³/mol. The van der Waals surface area contributed by atoms with Gasteiger partial charge >= 0.3 is 0 Å². The van der Waals surface area contributed by atoms with Crippen LogP contribution in [0.25, 0.3) is 0 Å². The number of hydrogen-bond acceptors (Lipinski definition) is 5. The lowest BCUT2D eigenvalue weighted by Gasteiger charge is -2.17. The van der Waals surface area contributed by atoms with Crippen molar-refractivity contribution >= 4 is 11.8 Å². The highest BCUT2D eigenvalue weighted by Gasteiger charge is 2.09. The minimum absolute atomic E-state index is 0.249. The van der Waals surface area contributed by atoms with E-state index in [4.69, 9.17) is 9.47 Å². The molecule has 0 aromatic heterocycles. The first kappa shape index (κ1) is 16.1. The Kier molecular flexibility index (Phi) is 7.70. The fourth-order valence-corrected chi connectivity index (χ4v) is 2.25. The molecule has 108 valence electrons. The smallest absolute Gasteiger partial charge is 0.161 e. The summed E-state index contributed by atoms with van der Waals surface area (Å²) in [6.45, 7) is 2.88. The maximum atomic E-state index is 9.86. The van der Waals surface area contributed by atoms with E-state index in [-0.39, 0.29) is 6.61 Å². The minimum Gasteiger partial charge on any atom is -0.493 e. The molecule has 0 saturated carbocycles. The summed E-state index contributed by atoms with van der Waals surface area (Å²) in [6, 6.07) is 7.81. The molecule has 0 heterocycles. The molecule has 0 fully saturated rings. The third kappa shape index (κ3) is 6.18. The monoisotopic (exact) mass is 285 g/mol. The van der Waals surface area contributed by atoms with Crippen LogP contribution in [-0.4, -0.2) is 49.5 Å². The molecular formula is C14H23NO3S. The van der Waals surface area contributed by atoms with Gasteiger partial charge in [-0.25, -0.2) is 0 Å². The molecule has 0 amide bonds. The molecule has 0 saturated heterocycles. The molecule has 2 unspecified atom stereocenters. The number of hydrogen-bond donors (Lipinski definition) is 2. The van der Waals surface area contributed by atoms with Crippen LogP contribution in [0.2, 0.25) is 0 Å². The molecule has 2 N–H and O–H groups in total. The number of aliphatic hydroxyl groups is 1. The molecule has 0 aliphatic rings. The molecule has 2 atom stereocenters. The van der Waals surface area contributed by atoms with Gasteiger partial charge in [-0.1, -0.05) is 12.1 Å². The van der Waals surface area contributed by atoms with Crippen molar-refractivity contribution in [2.75, 3.05) is 32.3 Å². The van der Waals surface area contributed by atoms with Gasteiger partial charge in [-0.15, -0.1) is 0 Å². The molecule has 0 spiro atoms. The first-order chi connectivity index (χ1) is 9.17. The van der Waals surface area contributed by atoms with Crippen molar-refractivity contribution in [2.45, 2.75) is 19.1 Å². The van der Waals surface area contributed by atoms with E-state index < -0.39 is 6.10 Å². The van der Waals surface area contributed by atoms with Crippen LogP contribution in [-0.2, 0) is 0 Å². The number of methoxy groups -OCH3 is 1. The summed E-state index contributed by atoms with van der Waals surface area (Å²) in [7, 11) is 1.60. The minimum atomic E-state index is -0.533. The zero-order chi connectivity index (χ0) is 14.1. The van der Waals surface area contributed by atoms with E-state index in [1.165, 1.54) is 0 Å². The Bertz CT molecular complexity index is 362. The lowest BCUT2D eigenvalue weighted by Crippen LogP contribution is -2.37. The van der Waals surface area contributed by atoms with Crippen molar-refractivity contribution in [1.82, 2.24) is 5.32 Å². The molecule has 1 aromatic carbocycles. The second kappa shape index (κ2) is 9.07. The predicted octanol–water partition coefficient (Wildman–Crippen LogP) is 1.78. The second-order valence-corrected chi connectivity index (χ2v) is 5.29. The number of benzene rings is 1. The standard InChI is InChI=1S/C14H23NO3S/c1-11(10-19-3)15-8-12(16)9-18-14-7-5-4-6-13(14)17-2/h4-7,11-12,15-16H,8-10H2,1-3H3. The third-order valence-electron chi connectivity index (χ3n) is 2.62. The molecule has 0 bridgehead atoms. The third-order valence-corrected chi connectivity index (χ3v) is 3.45. The van der Waals surface area contributed by atoms with Crippen molar-refractivity contribution in [3.63, 3.8) is 0 Å². The van der Waals surface area contributed by atoms with Crippen molar-refractivity contribution < 1.29 is 14.6 Å². The SMILES string of the molecule is COc1ccccc1OCC(O)CNC(C)CSC. The highest BCUT2D eigenvalue weighted by Crippen LogP contribution is 2.25. The van der Waals surface area contributed by atoms with Crippen LogP contribution in [0.3, 0.4) is 0 Å².